The number of carbonyl (C=O) groups is 1. The molecule has 1 aliphatic heterocycles. The van der Waals surface area contributed by atoms with Crippen LogP contribution in [0.1, 0.15) is 24.4 Å². The van der Waals surface area contributed by atoms with Crippen molar-refractivity contribution in [2.75, 3.05) is 33.8 Å². The van der Waals surface area contributed by atoms with Gasteiger partial charge in [0, 0.05) is 33.2 Å². The number of halogens is 3. The molecule has 1 aromatic carbocycles. The second-order valence-corrected chi connectivity index (χ2v) is 6.14. The van der Waals surface area contributed by atoms with Crippen LogP contribution in [0.15, 0.2) is 12.1 Å². The second kappa shape index (κ2) is 7.85. The number of rotatable bonds is 4. The van der Waals surface area contributed by atoms with E-state index in [1.54, 1.807) is 19.0 Å². The number of hydrogen-bond acceptors (Lipinski definition) is 3. The molecule has 0 radical (unpaired) electrons. The van der Waals surface area contributed by atoms with Crippen LogP contribution >= 0.6 is 0 Å². The van der Waals surface area contributed by atoms with E-state index in [0.717, 1.165) is 12.1 Å². The monoisotopic (exact) mass is 345 g/mol. The lowest BCUT2D eigenvalue weighted by Gasteiger charge is -2.35. The van der Waals surface area contributed by atoms with E-state index in [4.69, 9.17) is 0 Å². The Morgan fingerprint density at radius 2 is 1.83 bits per heavy atom. The average Bonchev–Trinajstić information content (AvgIpc) is 2.56. The zero-order valence-electron chi connectivity index (χ0n) is 13.7. The van der Waals surface area contributed by atoms with Crippen LogP contribution in [0.2, 0.25) is 0 Å². The molecular weight excluding hydrogens is 323 g/mol. The molecule has 5 nitrogen and oxygen atoms in total. The predicted molar refractivity (Wildman–Crippen MR) is 83.0 cm³/mol. The van der Waals surface area contributed by atoms with Crippen molar-refractivity contribution in [2.24, 2.45) is 0 Å². The normalized spacial score (nSPS) is 17.0. The first-order valence-corrected chi connectivity index (χ1v) is 7.81. The van der Waals surface area contributed by atoms with Gasteiger partial charge in [-0.3, -0.25) is 0 Å². The number of aliphatic hydroxyl groups is 1. The SMILES string of the molecule is CN(C)C(=O)N1CCC(NC(CO)c2cc(F)c(F)c(F)c2)CC1. The standard InChI is InChI=1S/C16H22F3N3O2/c1-21(2)16(24)22-5-3-11(4-6-22)20-14(9-23)10-7-12(17)15(19)13(18)8-10/h7-8,11,14,20,23H,3-6,9H2,1-2H3. The summed E-state index contributed by atoms with van der Waals surface area (Å²) >= 11 is 0. The van der Waals surface area contributed by atoms with Crippen molar-refractivity contribution >= 4 is 6.03 Å². The number of piperidine rings is 1. The first-order valence-electron chi connectivity index (χ1n) is 7.81. The molecule has 2 N–H and O–H groups in total. The van der Waals surface area contributed by atoms with E-state index in [0.29, 0.717) is 25.9 Å². The van der Waals surface area contributed by atoms with Gasteiger partial charge in [0.15, 0.2) is 17.5 Å². The number of nitrogens with zero attached hydrogens (tertiary/aromatic N) is 2. The van der Waals surface area contributed by atoms with Gasteiger partial charge in [0.2, 0.25) is 0 Å². The number of carbonyl (C=O) groups excluding carboxylic acids is 1. The third kappa shape index (κ3) is 4.18. The van der Waals surface area contributed by atoms with Crippen LogP contribution in [-0.2, 0) is 0 Å². The van der Waals surface area contributed by atoms with Gasteiger partial charge in [-0.1, -0.05) is 0 Å². The minimum Gasteiger partial charge on any atom is -0.394 e. The molecule has 0 bridgehead atoms. The maximum absolute atomic E-state index is 13.4. The fourth-order valence-corrected chi connectivity index (χ4v) is 2.84. The Hall–Kier alpha value is -1.80. The minimum absolute atomic E-state index is 0.00969. The zero-order chi connectivity index (χ0) is 17.9. The highest BCUT2D eigenvalue weighted by atomic mass is 19.2. The lowest BCUT2D eigenvalue weighted by atomic mass is 10.0. The van der Waals surface area contributed by atoms with E-state index in [9.17, 15) is 23.1 Å². The van der Waals surface area contributed by atoms with Crippen LogP contribution in [0.5, 0.6) is 0 Å². The first-order chi connectivity index (χ1) is 11.3. The van der Waals surface area contributed by atoms with Crippen LogP contribution in [0.4, 0.5) is 18.0 Å². The Morgan fingerprint density at radius 3 is 2.29 bits per heavy atom. The summed E-state index contributed by atoms with van der Waals surface area (Å²) in [6.45, 7) is 0.735. The summed E-state index contributed by atoms with van der Waals surface area (Å²) in [7, 11) is 3.37. The van der Waals surface area contributed by atoms with Crippen molar-refractivity contribution in [3.05, 3.63) is 35.1 Å². The first kappa shape index (κ1) is 18.5. The quantitative estimate of drug-likeness (QED) is 0.819. The average molecular weight is 345 g/mol. The van der Waals surface area contributed by atoms with Gasteiger partial charge in [-0.15, -0.1) is 0 Å². The minimum atomic E-state index is -1.52. The molecule has 2 rings (SSSR count). The fraction of sp³-hybridized carbons (Fsp3) is 0.562. The van der Waals surface area contributed by atoms with Crippen LogP contribution in [0.25, 0.3) is 0 Å². The van der Waals surface area contributed by atoms with Crippen molar-refractivity contribution in [1.82, 2.24) is 15.1 Å². The number of aliphatic hydroxyl groups excluding tert-OH is 1. The molecule has 1 saturated heterocycles. The van der Waals surface area contributed by atoms with Crippen molar-refractivity contribution in [3.8, 4) is 0 Å². The van der Waals surface area contributed by atoms with Crippen molar-refractivity contribution < 1.29 is 23.1 Å². The summed E-state index contributed by atoms with van der Waals surface area (Å²) in [6, 6.07) is 1.00. The van der Waals surface area contributed by atoms with Gasteiger partial charge in [-0.25, -0.2) is 18.0 Å². The van der Waals surface area contributed by atoms with Gasteiger partial charge < -0.3 is 20.2 Å². The summed E-state index contributed by atoms with van der Waals surface area (Å²) in [4.78, 5) is 15.1. The highest BCUT2D eigenvalue weighted by molar-refractivity contribution is 5.73. The molecule has 0 spiro atoms. The largest absolute Gasteiger partial charge is 0.394 e. The Morgan fingerprint density at radius 1 is 1.29 bits per heavy atom. The third-order valence-electron chi connectivity index (χ3n) is 4.18. The Bertz CT molecular complexity index is 567. The predicted octanol–water partition coefficient (Wildman–Crippen LogP) is 1.87. The van der Waals surface area contributed by atoms with Crippen LogP contribution in [0.3, 0.4) is 0 Å². The van der Waals surface area contributed by atoms with Gasteiger partial charge >= 0.3 is 6.03 Å². The summed E-state index contributed by atoms with van der Waals surface area (Å²) in [5.74, 6) is -4.08. The van der Waals surface area contributed by atoms with Gasteiger partial charge in [0.25, 0.3) is 0 Å². The molecule has 0 saturated carbocycles. The number of hydrogen-bond donors (Lipinski definition) is 2. The highest BCUT2D eigenvalue weighted by Gasteiger charge is 2.26. The maximum Gasteiger partial charge on any atom is 0.319 e. The Balaban J connectivity index is 1.99. The number of benzene rings is 1. The van der Waals surface area contributed by atoms with E-state index in [-0.39, 0.29) is 24.2 Å². The molecule has 8 heteroatoms. The maximum atomic E-state index is 13.4. The summed E-state index contributed by atoms with van der Waals surface area (Å²) < 4.78 is 39.8. The number of nitrogens with one attached hydrogen (secondary N) is 1. The number of amides is 2. The molecule has 1 aromatic rings. The molecule has 0 aromatic heterocycles. The molecular formula is C16H22F3N3O2. The van der Waals surface area contributed by atoms with Crippen LogP contribution < -0.4 is 5.32 Å². The smallest absolute Gasteiger partial charge is 0.319 e. The van der Waals surface area contributed by atoms with Gasteiger partial charge in [-0.05, 0) is 30.5 Å². The summed E-state index contributed by atoms with van der Waals surface area (Å²) in [6.07, 6.45) is 1.31. The Labute approximate surface area is 139 Å². The lowest BCUT2D eigenvalue weighted by Crippen LogP contribution is -2.49. The molecule has 2 amide bonds. The van der Waals surface area contributed by atoms with Crippen molar-refractivity contribution in [1.29, 1.82) is 0 Å². The second-order valence-electron chi connectivity index (χ2n) is 6.14. The highest BCUT2D eigenvalue weighted by Crippen LogP contribution is 2.22. The van der Waals surface area contributed by atoms with Crippen molar-refractivity contribution in [3.63, 3.8) is 0 Å². The third-order valence-corrected chi connectivity index (χ3v) is 4.18. The molecule has 134 valence electrons. The van der Waals surface area contributed by atoms with E-state index in [2.05, 4.69) is 5.32 Å². The van der Waals surface area contributed by atoms with Crippen LogP contribution in [0, 0.1) is 17.5 Å². The molecule has 0 aliphatic carbocycles. The number of likely N-dealkylation sites (tertiary alicyclic amines) is 1. The van der Waals surface area contributed by atoms with Gasteiger partial charge in [-0.2, -0.15) is 0 Å². The molecule has 1 heterocycles. The summed E-state index contributed by atoms with van der Waals surface area (Å²) in [5, 5.41) is 12.6. The van der Waals surface area contributed by atoms with E-state index in [1.807, 2.05) is 0 Å². The Kier molecular flexibility index (Phi) is 6.06. The molecule has 1 atom stereocenters. The number of urea groups is 1. The van der Waals surface area contributed by atoms with Gasteiger partial charge in [0.1, 0.15) is 0 Å². The van der Waals surface area contributed by atoms with Crippen LogP contribution in [-0.4, -0.2) is 60.8 Å². The van der Waals surface area contributed by atoms with Crippen molar-refractivity contribution in [2.45, 2.75) is 24.9 Å². The molecule has 24 heavy (non-hydrogen) atoms. The molecule has 1 aliphatic rings. The van der Waals surface area contributed by atoms with Gasteiger partial charge in [0.05, 0.1) is 12.6 Å². The van der Waals surface area contributed by atoms with E-state index >= 15 is 0 Å². The van der Waals surface area contributed by atoms with E-state index < -0.39 is 23.5 Å². The fourth-order valence-electron chi connectivity index (χ4n) is 2.84. The van der Waals surface area contributed by atoms with E-state index in [1.165, 1.54) is 4.90 Å². The topological polar surface area (TPSA) is 55.8 Å². The molecule has 1 unspecified atom stereocenters. The lowest BCUT2D eigenvalue weighted by molar-refractivity contribution is 0.146. The zero-order valence-corrected chi connectivity index (χ0v) is 13.7. The summed E-state index contributed by atoms with van der Waals surface area (Å²) in [5.41, 5.74) is 0.153. The molecule has 1 fully saturated rings.